The van der Waals surface area contributed by atoms with E-state index in [4.69, 9.17) is 9.26 Å². The first-order valence-electron chi connectivity index (χ1n) is 8.87. The largest absolute Gasteiger partial charge is 0.482 e. The molecule has 0 spiro atoms. The van der Waals surface area contributed by atoms with Crippen molar-refractivity contribution in [1.82, 2.24) is 10.1 Å². The molecule has 0 radical (unpaired) electrons. The van der Waals surface area contributed by atoms with E-state index in [0.717, 1.165) is 16.8 Å². The van der Waals surface area contributed by atoms with Crippen LogP contribution in [-0.2, 0) is 16.8 Å². The van der Waals surface area contributed by atoms with E-state index in [9.17, 15) is 4.79 Å². The highest BCUT2D eigenvalue weighted by molar-refractivity contribution is 5.97. The van der Waals surface area contributed by atoms with Gasteiger partial charge in [0.2, 0.25) is 11.7 Å². The standard InChI is InChI=1S/C21H21N3O3/c1-21(2,3)15-9-10-17-16(11-15)24(19(25)13-26-17)12-18-22-20(23-27-18)14-7-5-4-6-8-14/h4-11H,12-13H2,1-3H3. The first-order valence-corrected chi connectivity index (χ1v) is 8.87. The molecule has 6 nitrogen and oxygen atoms in total. The fourth-order valence-electron chi connectivity index (χ4n) is 3.00. The second kappa shape index (κ2) is 6.54. The van der Waals surface area contributed by atoms with E-state index in [1.54, 1.807) is 4.90 Å². The SMILES string of the molecule is CC(C)(C)c1ccc2c(c1)N(Cc1nc(-c3ccccc3)no1)C(=O)CO2. The molecule has 0 bridgehead atoms. The lowest BCUT2D eigenvalue weighted by molar-refractivity contribution is -0.121. The van der Waals surface area contributed by atoms with Crippen LogP contribution in [0, 0.1) is 0 Å². The van der Waals surface area contributed by atoms with Gasteiger partial charge in [0.25, 0.3) is 5.91 Å². The molecule has 1 amide bonds. The van der Waals surface area contributed by atoms with Gasteiger partial charge >= 0.3 is 0 Å². The molecule has 3 aromatic rings. The van der Waals surface area contributed by atoms with Crippen LogP contribution in [0.1, 0.15) is 32.2 Å². The van der Waals surface area contributed by atoms with Crippen molar-refractivity contribution in [3.05, 3.63) is 60.0 Å². The van der Waals surface area contributed by atoms with Gasteiger partial charge in [-0.3, -0.25) is 9.69 Å². The van der Waals surface area contributed by atoms with Crippen LogP contribution in [0.4, 0.5) is 5.69 Å². The number of amides is 1. The van der Waals surface area contributed by atoms with Gasteiger partial charge in [-0.25, -0.2) is 0 Å². The maximum atomic E-state index is 12.5. The number of anilines is 1. The van der Waals surface area contributed by atoms with E-state index >= 15 is 0 Å². The number of aromatic nitrogens is 2. The quantitative estimate of drug-likeness (QED) is 0.704. The highest BCUT2D eigenvalue weighted by atomic mass is 16.5. The molecule has 0 fully saturated rings. The molecule has 0 saturated carbocycles. The van der Waals surface area contributed by atoms with Gasteiger partial charge in [0.15, 0.2) is 6.61 Å². The van der Waals surface area contributed by atoms with Gasteiger partial charge in [-0.2, -0.15) is 4.98 Å². The molecule has 4 rings (SSSR count). The summed E-state index contributed by atoms with van der Waals surface area (Å²) in [5, 5.41) is 4.03. The number of rotatable bonds is 3. The van der Waals surface area contributed by atoms with Crippen molar-refractivity contribution in [3.63, 3.8) is 0 Å². The molecular weight excluding hydrogens is 342 g/mol. The number of benzene rings is 2. The third-order valence-electron chi connectivity index (χ3n) is 4.56. The summed E-state index contributed by atoms with van der Waals surface area (Å²) in [6, 6.07) is 15.5. The number of ether oxygens (including phenoxy) is 1. The Morgan fingerprint density at radius 1 is 1.11 bits per heavy atom. The Hall–Kier alpha value is -3.15. The summed E-state index contributed by atoms with van der Waals surface area (Å²) in [7, 11) is 0. The van der Waals surface area contributed by atoms with Crippen LogP contribution in [-0.4, -0.2) is 22.7 Å². The second-order valence-electron chi connectivity index (χ2n) is 7.58. The van der Waals surface area contributed by atoms with Crippen molar-refractivity contribution in [1.29, 1.82) is 0 Å². The number of nitrogens with zero attached hydrogens (tertiary/aromatic N) is 3. The zero-order valence-electron chi connectivity index (χ0n) is 15.6. The van der Waals surface area contributed by atoms with Gasteiger partial charge in [0, 0.05) is 5.56 Å². The molecule has 0 saturated heterocycles. The fourth-order valence-corrected chi connectivity index (χ4v) is 3.00. The zero-order valence-corrected chi connectivity index (χ0v) is 15.6. The molecule has 0 atom stereocenters. The molecule has 138 valence electrons. The van der Waals surface area contributed by atoms with Crippen molar-refractivity contribution in [2.75, 3.05) is 11.5 Å². The van der Waals surface area contributed by atoms with Crippen LogP contribution in [0.3, 0.4) is 0 Å². The minimum atomic E-state index is -0.131. The molecule has 2 heterocycles. The summed E-state index contributed by atoms with van der Waals surface area (Å²) in [4.78, 5) is 18.6. The van der Waals surface area contributed by atoms with Gasteiger partial charge in [0.05, 0.1) is 5.69 Å². The van der Waals surface area contributed by atoms with Gasteiger partial charge in [-0.1, -0.05) is 62.3 Å². The zero-order chi connectivity index (χ0) is 19.0. The summed E-state index contributed by atoms with van der Waals surface area (Å²) >= 11 is 0. The number of hydrogen-bond donors (Lipinski definition) is 0. The minimum absolute atomic E-state index is 0.00153. The Balaban J connectivity index is 1.65. The van der Waals surface area contributed by atoms with Gasteiger partial charge in [0.1, 0.15) is 12.3 Å². The highest BCUT2D eigenvalue weighted by Gasteiger charge is 2.29. The van der Waals surface area contributed by atoms with Crippen molar-refractivity contribution in [2.45, 2.75) is 32.7 Å². The van der Waals surface area contributed by atoms with Crippen molar-refractivity contribution in [2.24, 2.45) is 0 Å². The first kappa shape index (κ1) is 17.3. The second-order valence-corrected chi connectivity index (χ2v) is 7.58. The molecule has 0 N–H and O–H groups in total. The lowest BCUT2D eigenvalue weighted by Crippen LogP contribution is -2.38. The topological polar surface area (TPSA) is 68.5 Å². The van der Waals surface area contributed by atoms with Crippen molar-refractivity contribution < 1.29 is 14.1 Å². The Bertz CT molecular complexity index is 974. The molecule has 1 aliphatic rings. The number of fused-ring (bicyclic) bond motifs is 1. The van der Waals surface area contributed by atoms with Gasteiger partial charge < -0.3 is 9.26 Å². The number of carbonyl (C=O) groups is 1. The van der Waals surface area contributed by atoms with E-state index in [1.807, 2.05) is 48.5 Å². The lowest BCUT2D eigenvalue weighted by atomic mass is 9.86. The average molecular weight is 363 g/mol. The van der Waals surface area contributed by atoms with Crippen LogP contribution in [0.2, 0.25) is 0 Å². The average Bonchev–Trinajstić information content (AvgIpc) is 3.12. The highest BCUT2D eigenvalue weighted by Crippen LogP contribution is 2.37. The lowest BCUT2D eigenvalue weighted by Gasteiger charge is -2.30. The smallest absolute Gasteiger partial charge is 0.265 e. The molecule has 1 aromatic heterocycles. The number of carbonyl (C=O) groups excluding carboxylic acids is 1. The number of hydrogen-bond acceptors (Lipinski definition) is 5. The Labute approximate surface area is 157 Å². The summed E-state index contributed by atoms with van der Waals surface area (Å²) < 4.78 is 11.0. The third kappa shape index (κ3) is 3.43. The molecule has 2 aromatic carbocycles. The summed E-state index contributed by atoms with van der Waals surface area (Å²) in [6.07, 6.45) is 0. The van der Waals surface area contributed by atoms with E-state index in [2.05, 4.69) is 30.9 Å². The summed E-state index contributed by atoms with van der Waals surface area (Å²) in [5.74, 6) is 1.45. The maximum absolute atomic E-state index is 12.5. The maximum Gasteiger partial charge on any atom is 0.265 e. The van der Waals surface area contributed by atoms with Crippen LogP contribution in [0.5, 0.6) is 5.75 Å². The Morgan fingerprint density at radius 3 is 2.63 bits per heavy atom. The van der Waals surface area contributed by atoms with Gasteiger partial charge in [-0.15, -0.1) is 0 Å². The predicted octanol–water partition coefficient (Wildman–Crippen LogP) is 3.96. The van der Waals surface area contributed by atoms with Crippen LogP contribution < -0.4 is 9.64 Å². The van der Waals surface area contributed by atoms with Crippen molar-refractivity contribution >= 4 is 11.6 Å². The summed E-state index contributed by atoms with van der Waals surface area (Å²) in [6.45, 7) is 6.61. The van der Waals surface area contributed by atoms with Gasteiger partial charge in [-0.05, 0) is 23.1 Å². The van der Waals surface area contributed by atoms with Crippen LogP contribution >= 0.6 is 0 Å². The Kier molecular flexibility index (Phi) is 4.18. The minimum Gasteiger partial charge on any atom is -0.482 e. The molecule has 6 heteroatoms. The predicted molar refractivity (Wildman–Crippen MR) is 102 cm³/mol. The molecule has 1 aliphatic heterocycles. The van der Waals surface area contributed by atoms with E-state index in [1.165, 1.54) is 0 Å². The third-order valence-corrected chi connectivity index (χ3v) is 4.56. The summed E-state index contributed by atoms with van der Waals surface area (Å²) in [5.41, 5.74) is 2.70. The van der Waals surface area contributed by atoms with E-state index in [-0.39, 0.29) is 24.5 Å². The van der Waals surface area contributed by atoms with E-state index < -0.39 is 0 Å². The first-order chi connectivity index (χ1) is 12.9. The molecule has 27 heavy (non-hydrogen) atoms. The molecule has 0 unspecified atom stereocenters. The fraction of sp³-hybridized carbons (Fsp3) is 0.286. The molecule has 0 aliphatic carbocycles. The van der Waals surface area contributed by atoms with Crippen LogP contribution in [0.15, 0.2) is 53.1 Å². The Morgan fingerprint density at radius 2 is 1.89 bits per heavy atom. The molecular formula is C21H21N3O3. The normalized spacial score (nSPS) is 14.0. The monoisotopic (exact) mass is 363 g/mol. The van der Waals surface area contributed by atoms with E-state index in [0.29, 0.717) is 17.5 Å². The van der Waals surface area contributed by atoms with Crippen LogP contribution in [0.25, 0.3) is 11.4 Å². The van der Waals surface area contributed by atoms with Crippen molar-refractivity contribution in [3.8, 4) is 17.1 Å².